The molecular weight excluding hydrogens is 266 g/mol. The first-order chi connectivity index (χ1) is 9.60. The summed E-state index contributed by atoms with van der Waals surface area (Å²) < 4.78 is 6.92. The van der Waals surface area contributed by atoms with Crippen molar-refractivity contribution in [2.75, 3.05) is 6.61 Å². The molecule has 3 N–H and O–H groups in total. The molecule has 2 aromatic heterocycles. The highest BCUT2D eigenvalue weighted by molar-refractivity contribution is 5.94. The highest BCUT2D eigenvalue weighted by atomic mass is 16.4. The van der Waals surface area contributed by atoms with Crippen LogP contribution in [0.2, 0.25) is 0 Å². The molecule has 0 aliphatic heterocycles. The Bertz CT molecular complexity index is 590. The Kier molecular flexibility index (Phi) is 4.16. The van der Waals surface area contributed by atoms with Gasteiger partial charge in [0.25, 0.3) is 5.91 Å². The number of carboxylic acid groups (broad SMARTS) is 1. The molecule has 0 radical (unpaired) electrons. The van der Waals surface area contributed by atoms with Gasteiger partial charge in [-0.3, -0.25) is 9.48 Å². The van der Waals surface area contributed by atoms with Gasteiger partial charge in [0.2, 0.25) is 0 Å². The molecule has 0 aromatic carbocycles. The monoisotopic (exact) mass is 279 g/mol. The molecule has 1 atom stereocenters. The second kappa shape index (κ2) is 6.02. The summed E-state index contributed by atoms with van der Waals surface area (Å²) in [6, 6.07) is 3.44. The molecule has 0 unspecified atom stereocenters. The summed E-state index contributed by atoms with van der Waals surface area (Å²) >= 11 is 0. The molecule has 0 aliphatic rings. The number of aliphatic hydroxyl groups excluding tert-OH is 1. The van der Waals surface area contributed by atoms with Gasteiger partial charge in [0, 0.05) is 12.4 Å². The standard InChI is InChI=1S/C12H13N3O5/c16-7-9(12(18)19)14-11(17)10-3-2-8(20-10)6-15-5-1-4-13-15/h1-5,9,16H,6-7H2,(H,14,17)(H,18,19)/t9-/m0/s1. The molecule has 0 spiro atoms. The number of hydrogen-bond acceptors (Lipinski definition) is 5. The van der Waals surface area contributed by atoms with Gasteiger partial charge in [-0.1, -0.05) is 0 Å². The molecule has 2 heterocycles. The topological polar surface area (TPSA) is 118 Å². The van der Waals surface area contributed by atoms with Gasteiger partial charge >= 0.3 is 5.97 Å². The number of aliphatic hydroxyl groups is 1. The first-order valence-corrected chi connectivity index (χ1v) is 5.81. The number of aliphatic carboxylic acids is 1. The second-order valence-corrected chi connectivity index (χ2v) is 4.02. The van der Waals surface area contributed by atoms with Crippen molar-refractivity contribution in [3.63, 3.8) is 0 Å². The molecule has 0 aliphatic carbocycles. The lowest BCUT2D eigenvalue weighted by Gasteiger charge is -2.09. The van der Waals surface area contributed by atoms with E-state index < -0.39 is 24.5 Å². The molecular formula is C12H13N3O5. The first kappa shape index (κ1) is 13.8. The minimum Gasteiger partial charge on any atom is -0.480 e. The Morgan fingerprint density at radius 2 is 2.25 bits per heavy atom. The van der Waals surface area contributed by atoms with E-state index in [4.69, 9.17) is 14.6 Å². The average molecular weight is 279 g/mol. The maximum atomic E-state index is 11.7. The van der Waals surface area contributed by atoms with Gasteiger partial charge in [-0.15, -0.1) is 0 Å². The van der Waals surface area contributed by atoms with Gasteiger partial charge < -0.3 is 19.9 Å². The van der Waals surface area contributed by atoms with E-state index in [1.165, 1.54) is 6.07 Å². The van der Waals surface area contributed by atoms with Crippen molar-refractivity contribution in [1.29, 1.82) is 0 Å². The molecule has 8 heteroatoms. The number of carbonyl (C=O) groups is 2. The van der Waals surface area contributed by atoms with E-state index >= 15 is 0 Å². The van der Waals surface area contributed by atoms with Crippen LogP contribution in [-0.4, -0.2) is 44.5 Å². The first-order valence-electron chi connectivity index (χ1n) is 5.81. The molecule has 8 nitrogen and oxygen atoms in total. The average Bonchev–Trinajstić information content (AvgIpc) is 3.07. The van der Waals surface area contributed by atoms with Gasteiger partial charge in [-0.25, -0.2) is 4.79 Å². The zero-order valence-electron chi connectivity index (χ0n) is 10.4. The second-order valence-electron chi connectivity index (χ2n) is 4.02. The molecule has 1 amide bonds. The van der Waals surface area contributed by atoms with Crippen molar-refractivity contribution in [1.82, 2.24) is 15.1 Å². The third kappa shape index (κ3) is 3.23. The van der Waals surface area contributed by atoms with Crippen molar-refractivity contribution in [2.24, 2.45) is 0 Å². The van der Waals surface area contributed by atoms with Crippen molar-refractivity contribution < 1.29 is 24.2 Å². The summed E-state index contributed by atoms with van der Waals surface area (Å²) in [6.45, 7) is -0.329. The Morgan fingerprint density at radius 1 is 1.45 bits per heavy atom. The summed E-state index contributed by atoms with van der Waals surface area (Å²) in [4.78, 5) is 22.4. The van der Waals surface area contributed by atoms with Crippen LogP contribution in [0.25, 0.3) is 0 Å². The van der Waals surface area contributed by atoms with Crippen LogP contribution in [0.1, 0.15) is 16.3 Å². The van der Waals surface area contributed by atoms with Crippen LogP contribution in [0.5, 0.6) is 0 Å². The third-order valence-electron chi connectivity index (χ3n) is 2.55. The third-order valence-corrected chi connectivity index (χ3v) is 2.55. The predicted molar refractivity (Wildman–Crippen MR) is 66.0 cm³/mol. The van der Waals surface area contributed by atoms with Crippen molar-refractivity contribution in [3.05, 3.63) is 42.1 Å². The van der Waals surface area contributed by atoms with E-state index in [2.05, 4.69) is 10.4 Å². The lowest BCUT2D eigenvalue weighted by molar-refractivity contribution is -0.140. The normalized spacial score (nSPS) is 12.1. The number of amides is 1. The summed E-state index contributed by atoms with van der Waals surface area (Å²) in [5, 5.41) is 23.7. The highest BCUT2D eigenvalue weighted by Crippen LogP contribution is 2.09. The maximum Gasteiger partial charge on any atom is 0.328 e. The van der Waals surface area contributed by atoms with Crippen LogP contribution in [0.3, 0.4) is 0 Å². The Labute approximate surface area is 113 Å². The van der Waals surface area contributed by atoms with Gasteiger partial charge in [0.15, 0.2) is 11.8 Å². The van der Waals surface area contributed by atoms with Gasteiger partial charge in [-0.05, 0) is 18.2 Å². The predicted octanol–water partition coefficient (Wildman–Crippen LogP) is -0.300. The number of nitrogens with one attached hydrogen (secondary N) is 1. The minimum absolute atomic E-state index is 0.0214. The summed E-state index contributed by atoms with van der Waals surface area (Å²) in [6.07, 6.45) is 3.36. The molecule has 20 heavy (non-hydrogen) atoms. The summed E-state index contributed by atoms with van der Waals surface area (Å²) in [7, 11) is 0. The summed E-state index contributed by atoms with van der Waals surface area (Å²) in [5.41, 5.74) is 0. The minimum atomic E-state index is -1.36. The number of carboxylic acids is 1. The fraction of sp³-hybridized carbons (Fsp3) is 0.250. The molecule has 0 saturated carbocycles. The molecule has 2 aromatic rings. The zero-order valence-corrected chi connectivity index (χ0v) is 10.4. The van der Waals surface area contributed by atoms with Gasteiger partial charge in [0.05, 0.1) is 13.2 Å². The quantitative estimate of drug-likeness (QED) is 0.668. The number of nitrogens with zero attached hydrogens (tertiary/aromatic N) is 2. The highest BCUT2D eigenvalue weighted by Gasteiger charge is 2.21. The smallest absolute Gasteiger partial charge is 0.328 e. The van der Waals surface area contributed by atoms with Crippen molar-refractivity contribution in [3.8, 4) is 0 Å². The van der Waals surface area contributed by atoms with E-state index in [0.717, 1.165) is 0 Å². The van der Waals surface area contributed by atoms with E-state index in [9.17, 15) is 9.59 Å². The number of hydrogen-bond donors (Lipinski definition) is 3. The fourth-order valence-electron chi connectivity index (χ4n) is 1.55. The van der Waals surface area contributed by atoms with Gasteiger partial charge in [0.1, 0.15) is 5.76 Å². The van der Waals surface area contributed by atoms with Crippen LogP contribution in [0, 0.1) is 0 Å². The van der Waals surface area contributed by atoms with E-state index in [1.807, 2.05) is 0 Å². The number of aromatic nitrogens is 2. The van der Waals surface area contributed by atoms with E-state index in [1.54, 1.807) is 29.2 Å². The Balaban J connectivity index is 2.01. The van der Waals surface area contributed by atoms with Crippen LogP contribution >= 0.6 is 0 Å². The summed E-state index contributed by atoms with van der Waals surface area (Å²) in [5.74, 6) is -1.52. The lowest BCUT2D eigenvalue weighted by Crippen LogP contribution is -2.43. The SMILES string of the molecule is O=C(N[C@@H](CO)C(=O)O)c1ccc(Cn2cccn2)o1. The van der Waals surface area contributed by atoms with E-state index in [-0.39, 0.29) is 5.76 Å². The fourth-order valence-corrected chi connectivity index (χ4v) is 1.55. The zero-order chi connectivity index (χ0) is 14.5. The van der Waals surface area contributed by atoms with Crippen LogP contribution < -0.4 is 5.32 Å². The van der Waals surface area contributed by atoms with Crippen LogP contribution in [0.4, 0.5) is 0 Å². The number of rotatable bonds is 6. The number of furan rings is 1. The van der Waals surface area contributed by atoms with Gasteiger partial charge in [-0.2, -0.15) is 5.10 Å². The van der Waals surface area contributed by atoms with E-state index in [0.29, 0.717) is 12.3 Å². The number of carbonyl (C=O) groups excluding carboxylic acids is 1. The molecule has 2 rings (SSSR count). The molecule has 106 valence electrons. The Morgan fingerprint density at radius 3 is 2.85 bits per heavy atom. The van der Waals surface area contributed by atoms with Crippen molar-refractivity contribution >= 4 is 11.9 Å². The maximum absolute atomic E-state index is 11.7. The Hall–Kier alpha value is -2.61. The molecule has 0 bridgehead atoms. The van der Waals surface area contributed by atoms with Crippen LogP contribution in [-0.2, 0) is 11.3 Å². The molecule has 0 saturated heterocycles. The van der Waals surface area contributed by atoms with Crippen molar-refractivity contribution in [2.45, 2.75) is 12.6 Å². The lowest BCUT2D eigenvalue weighted by atomic mass is 10.3. The van der Waals surface area contributed by atoms with Crippen LogP contribution in [0.15, 0.2) is 35.0 Å². The molecule has 0 fully saturated rings. The largest absolute Gasteiger partial charge is 0.480 e.